The van der Waals surface area contributed by atoms with E-state index in [1.54, 1.807) is 13.1 Å². The van der Waals surface area contributed by atoms with Gasteiger partial charge in [0.05, 0.1) is 0 Å². The van der Waals surface area contributed by atoms with Crippen molar-refractivity contribution in [3.8, 4) is 5.75 Å². The van der Waals surface area contributed by atoms with E-state index in [0.717, 1.165) is 16.7 Å². The maximum atomic E-state index is 9.42. The summed E-state index contributed by atoms with van der Waals surface area (Å²) in [7, 11) is 1.80. The highest BCUT2D eigenvalue weighted by Crippen LogP contribution is 2.22. The van der Waals surface area contributed by atoms with Gasteiger partial charge in [-0.3, -0.25) is 0 Å². The molecule has 0 spiro atoms. The average Bonchev–Trinajstić information content (AvgIpc) is 2.13. The molecule has 0 heterocycles. The number of hydrogen-bond donors (Lipinski definition) is 2. The maximum absolute atomic E-state index is 9.42. The van der Waals surface area contributed by atoms with Crippen LogP contribution in [0.3, 0.4) is 0 Å². The fourth-order valence-electron chi connectivity index (χ4n) is 1.19. The predicted molar refractivity (Wildman–Crippen MR) is 58.3 cm³/mol. The minimum absolute atomic E-state index is 0.320. The Morgan fingerprint density at radius 3 is 2.46 bits per heavy atom. The van der Waals surface area contributed by atoms with Crippen LogP contribution in [0.25, 0.3) is 0 Å². The highest BCUT2D eigenvalue weighted by Gasteiger charge is 2.07. The molecule has 3 heteroatoms. The number of aromatic hydroxyl groups is 1. The zero-order valence-corrected chi connectivity index (χ0v) is 8.83. The third-order valence-corrected chi connectivity index (χ3v) is 2.65. The lowest BCUT2D eigenvalue weighted by Gasteiger charge is -2.10. The minimum atomic E-state index is 0.320. The van der Waals surface area contributed by atoms with Gasteiger partial charge in [-0.25, -0.2) is 0 Å². The molecule has 0 aliphatic carbocycles. The van der Waals surface area contributed by atoms with Gasteiger partial charge in [0, 0.05) is 12.6 Å². The Labute approximate surface area is 83.6 Å². The van der Waals surface area contributed by atoms with E-state index in [9.17, 15) is 5.11 Å². The molecule has 0 aliphatic heterocycles. The first-order chi connectivity index (χ1) is 6.07. The molecule has 0 aromatic heterocycles. The van der Waals surface area contributed by atoms with Crippen LogP contribution in [0.5, 0.6) is 5.75 Å². The molecule has 0 unspecified atom stereocenters. The van der Waals surface area contributed by atoms with Gasteiger partial charge >= 0.3 is 0 Å². The van der Waals surface area contributed by atoms with E-state index in [0.29, 0.717) is 10.7 Å². The number of phenolic OH excluding ortho intramolecular Hbond substituents is 1. The number of hydrogen-bond acceptors (Lipinski definition) is 2. The second kappa shape index (κ2) is 3.75. The molecule has 2 N–H and O–H groups in total. The van der Waals surface area contributed by atoms with Crippen molar-refractivity contribution in [2.75, 3.05) is 7.05 Å². The molecule has 0 amide bonds. The standard InChI is InChI=1S/C10H13NOS/c1-6-7(2)9(12)5-4-8(6)10(13)11-3/h4-5,12H,1-3H3,(H,11,13). The van der Waals surface area contributed by atoms with E-state index in [1.165, 1.54) is 0 Å². The molecule has 1 aromatic rings. The topological polar surface area (TPSA) is 32.3 Å². The lowest BCUT2D eigenvalue weighted by atomic mass is 10.0. The summed E-state index contributed by atoms with van der Waals surface area (Å²) in [5, 5.41) is 12.3. The summed E-state index contributed by atoms with van der Waals surface area (Å²) in [6, 6.07) is 3.50. The summed E-state index contributed by atoms with van der Waals surface area (Å²) in [6.45, 7) is 3.83. The van der Waals surface area contributed by atoms with Crippen molar-refractivity contribution >= 4 is 17.2 Å². The van der Waals surface area contributed by atoms with Crippen molar-refractivity contribution in [1.29, 1.82) is 0 Å². The quantitative estimate of drug-likeness (QED) is 0.671. The molecule has 0 aliphatic rings. The second-order valence-electron chi connectivity index (χ2n) is 2.96. The predicted octanol–water partition coefficient (Wildman–Crippen LogP) is 1.90. The molecular formula is C10H13NOS. The highest BCUT2D eigenvalue weighted by atomic mass is 32.1. The first-order valence-electron chi connectivity index (χ1n) is 4.09. The van der Waals surface area contributed by atoms with Gasteiger partial charge in [0.15, 0.2) is 0 Å². The van der Waals surface area contributed by atoms with Crippen LogP contribution in [-0.4, -0.2) is 17.1 Å². The van der Waals surface area contributed by atoms with E-state index in [1.807, 2.05) is 19.9 Å². The second-order valence-corrected chi connectivity index (χ2v) is 3.37. The molecule has 0 atom stereocenters. The maximum Gasteiger partial charge on any atom is 0.118 e. The monoisotopic (exact) mass is 195 g/mol. The molecule has 0 fully saturated rings. The highest BCUT2D eigenvalue weighted by molar-refractivity contribution is 7.80. The normalized spacial score (nSPS) is 9.77. The van der Waals surface area contributed by atoms with Crippen LogP contribution in [0, 0.1) is 13.8 Å². The fraction of sp³-hybridized carbons (Fsp3) is 0.300. The van der Waals surface area contributed by atoms with Crippen LogP contribution < -0.4 is 5.32 Å². The van der Waals surface area contributed by atoms with Gasteiger partial charge in [-0.2, -0.15) is 0 Å². The molecular weight excluding hydrogens is 182 g/mol. The van der Waals surface area contributed by atoms with E-state index in [2.05, 4.69) is 5.32 Å². The first-order valence-corrected chi connectivity index (χ1v) is 4.50. The number of rotatable bonds is 1. The lowest BCUT2D eigenvalue weighted by Crippen LogP contribution is -2.17. The molecule has 0 radical (unpaired) electrons. The third-order valence-electron chi connectivity index (χ3n) is 2.23. The molecule has 70 valence electrons. The molecule has 0 saturated heterocycles. The minimum Gasteiger partial charge on any atom is -0.508 e. The van der Waals surface area contributed by atoms with Crippen LogP contribution >= 0.6 is 12.2 Å². The van der Waals surface area contributed by atoms with Crippen molar-refractivity contribution in [1.82, 2.24) is 5.32 Å². The van der Waals surface area contributed by atoms with E-state index in [-0.39, 0.29) is 0 Å². The van der Waals surface area contributed by atoms with E-state index in [4.69, 9.17) is 12.2 Å². The zero-order valence-electron chi connectivity index (χ0n) is 8.01. The first kappa shape index (κ1) is 9.99. The number of thiocarbonyl (C=S) groups is 1. The molecule has 0 bridgehead atoms. The van der Waals surface area contributed by atoms with E-state index >= 15 is 0 Å². The van der Waals surface area contributed by atoms with Crippen LogP contribution in [-0.2, 0) is 0 Å². The van der Waals surface area contributed by atoms with Gasteiger partial charge in [0.1, 0.15) is 10.7 Å². The summed E-state index contributed by atoms with van der Waals surface area (Å²) in [5.74, 6) is 0.320. The number of phenols is 1. The smallest absolute Gasteiger partial charge is 0.118 e. The largest absolute Gasteiger partial charge is 0.508 e. The van der Waals surface area contributed by atoms with Crippen LogP contribution in [0.4, 0.5) is 0 Å². The average molecular weight is 195 g/mol. The summed E-state index contributed by atoms with van der Waals surface area (Å²) >= 11 is 5.12. The van der Waals surface area contributed by atoms with Crippen LogP contribution in [0.1, 0.15) is 16.7 Å². The van der Waals surface area contributed by atoms with Crippen LogP contribution in [0.2, 0.25) is 0 Å². The Morgan fingerprint density at radius 1 is 1.31 bits per heavy atom. The Morgan fingerprint density at radius 2 is 1.92 bits per heavy atom. The Bertz CT molecular complexity index is 347. The SMILES string of the molecule is CNC(=S)c1ccc(O)c(C)c1C. The molecule has 0 saturated carbocycles. The van der Waals surface area contributed by atoms with Crippen molar-refractivity contribution in [3.05, 3.63) is 28.8 Å². The summed E-state index contributed by atoms with van der Waals surface area (Å²) < 4.78 is 0. The van der Waals surface area contributed by atoms with Crippen LogP contribution in [0.15, 0.2) is 12.1 Å². The molecule has 1 rings (SSSR count). The van der Waals surface area contributed by atoms with Crippen molar-refractivity contribution in [2.24, 2.45) is 0 Å². The van der Waals surface area contributed by atoms with Gasteiger partial charge in [0.2, 0.25) is 0 Å². The summed E-state index contributed by atoms with van der Waals surface area (Å²) in [6.07, 6.45) is 0. The van der Waals surface area contributed by atoms with Gasteiger partial charge in [-0.05, 0) is 37.1 Å². The summed E-state index contributed by atoms with van der Waals surface area (Å²) in [5.41, 5.74) is 2.89. The van der Waals surface area contributed by atoms with Gasteiger partial charge in [0.25, 0.3) is 0 Å². The zero-order chi connectivity index (χ0) is 10.0. The van der Waals surface area contributed by atoms with Crippen molar-refractivity contribution < 1.29 is 5.11 Å². The molecule has 2 nitrogen and oxygen atoms in total. The Balaban J connectivity index is 3.26. The molecule has 13 heavy (non-hydrogen) atoms. The molecule has 1 aromatic carbocycles. The third kappa shape index (κ3) is 1.80. The Kier molecular flexibility index (Phi) is 2.88. The van der Waals surface area contributed by atoms with Gasteiger partial charge < -0.3 is 10.4 Å². The fourth-order valence-corrected chi connectivity index (χ4v) is 1.41. The van der Waals surface area contributed by atoms with Gasteiger partial charge in [-0.1, -0.05) is 12.2 Å². The van der Waals surface area contributed by atoms with Crippen molar-refractivity contribution in [3.63, 3.8) is 0 Å². The number of nitrogens with one attached hydrogen (secondary N) is 1. The Hall–Kier alpha value is -1.09. The summed E-state index contributed by atoms with van der Waals surface area (Å²) in [4.78, 5) is 0.709. The number of benzene rings is 1. The lowest BCUT2D eigenvalue weighted by molar-refractivity contribution is 0.470. The van der Waals surface area contributed by atoms with Crippen molar-refractivity contribution in [2.45, 2.75) is 13.8 Å². The van der Waals surface area contributed by atoms with Gasteiger partial charge in [-0.15, -0.1) is 0 Å². The van der Waals surface area contributed by atoms with E-state index < -0.39 is 0 Å².